The molecule has 0 radical (unpaired) electrons. The topological polar surface area (TPSA) is 124 Å². The molecule has 0 saturated heterocycles. The first kappa shape index (κ1) is 27.9. The number of hydrogen-bond donors (Lipinski definition) is 2. The highest BCUT2D eigenvalue weighted by Gasteiger charge is 2.29. The number of nitrogens with zero attached hydrogens (tertiary/aromatic N) is 2. The molecule has 3 aromatic rings. The second-order valence-corrected chi connectivity index (χ2v) is 10.6. The Morgan fingerprint density at radius 2 is 1.85 bits per heavy atom. The maximum absolute atomic E-state index is 13.1. The highest BCUT2D eigenvalue weighted by atomic mass is 16.6. The van der Waals surface area contributed by atoms with E-state index < -0.39 is 17.8 Å². The van der Waals surface area contributed by atoms with Crippen molar-refractivity contribution in [2.75, 3.05) is 25.9 Å². The van der Waals surface area contributed by atoms with Crippen molar-refractivity contribution in [3.8, 4) is 16.9 Å². The lowest BCUT2D eigenvalue weighted by Gasteiger charge is -2.33. The lowest BCUT2D eigenvalue weighted by molar-refractivity contribution is 0.00365. The van der Waals surface area contributed by atoms with Crippen LogP contribution in [0.3, 0.4) is 0 Å². The van der Waals surface area contributed by atoms with Crippen molar-refractivity contribution in [3.63, 3.8) is 0 Å². The summed E-state index contributed by atoms with van der Waals surface area (Å²) >= 11 is 0. The molecule has 1 amide bonds. The van der Waals surface area contributed by atoms with Crippen LogP contribution in [-0.2, 0) is 15.9 Å². The van der Waals surface area contributed by atoms with Crippen molar-refractivity contribution < 1.29 is 28.9 Å². The zero-order valence-electron chi connectivity index (χ0n) is 22.7. The number of nitrogen functional groups attached to an aromatic ring is 1. The first-order valence-corrected chi connectivity index (χ1v) is 12.9. The van der Waals surface area contributed by atoms with Gasteiger partial charge in [0.1, 0.15) is 23.3 Å². The molecule has 2 aromatic carbocycles. The van der Waals surface area contributed by atoms with Crippen molar-refractivity contribution in [1.29, 1.82) is 0 Å². The van der Waals surface area contributed by atoms with E-state index in [1.54, 1.807) is 45.0 Å². The molecule has 1 aliphatic heterocycles. The van der Waals surface area contributed by atoms with Gasteiger partial charge in [0.2, 0.25) is 0 Å². The standard InChI is InChI=1S/C30H35N3O6/c1-30(2,3)39-29(36)33(18-25(34)23-11-14-27(31)32-16-23)17-24-12-9-22-15-21(10-13-26(22)38-24)19-5-7-20(8-6-19)28(35)37-4/h5-8,10-11,13-16,24-25,34H,9,12,17-18H2,1-4H3,(H2,31,32). The molecule has 0 fully saturated rings. The Morgan fingerprint density at radius 1 is 1.13 bits per heavy atom. The number of hydrogen-bond acceptors (Lipinski definition) is 8. The third kappa shape index (κ3) is 7.26. The first-order chi connectivity index (χ1) is 18.5. The zero-order chi connectivity index (χ0) is 28.2. The second kappa shape index (κ2) is 11.7. The predicted molar refractivity (Wildman–Crippen MR) is 147 cm³/mol. The summed E-state index contributed by atoms with van der Waals surface area (Å²) in [6.45, 7) is 5.68. The van der Waals surface area contributed by atoms with Crippen LogP contribution >= 0.6 is 0 Å². The maximum Gasteiger partial charge on any atom is 0.410 e. The number of aliphatic hydroxyl groups excluding tert-OH is 1. The van der Waals surface area contributed by atoms with Crippen LogP contribution in [0.15, 0.2) is 60.8 Å². The molecule has 1 aliphatic rings. The molecule has 0 spiro atoms. The number of pyridine rings is 1. The lowest BCUT2D eigenvalue weighted by Crippen LogP contribution is -2.45. The van der Waals surface area contributed by atoms with Crippen LogP contribution in [0.2, 0.25) is 0 Å². The van der Waals surface area contributed by atoms with Gasteiger partial charge in [-0.2, -0.15) is 0 Å². The third-order valence-electron chi connectivity index (χ3n) is 6.39. The van der Waals surface area contributed by atoms with Gasteiger partial charge < -0.3 is 30.0 Å². The Balaban J connectivity index is 1.46. The van der Waals surface area contributed by atoms with E-state index in [0.717, 1.165) is 28.9 Å². The molecular weight excluding hydrogens is 498 g/mol. The predicted octanol–water partition coefficient (Wildman–Crippen LogP) is 4.78. The summed E-state index contributed by atoms with van der Waals surface area (Å²) < 4.78 is 16.7. The van der Waals surface area contributed by atoms with Crippen LogP contribution in [-0.4, -0.2) is 59.0 Å². The van der Waals surface area contributed by atoms with E-state index in [9.17, 15) is 14.7 Å². The van der Waals surface area contributed by atoms with Gasteiger partial charge in [0.15, 0.2) is 0 Å². The average molecular weight is 534 g/mol. The number of amides is 1. The Bertz CT molecular complexity index is 1300. The van der Waals surface area contributed by atoms with Gasteiger partial charge in [-0.25, -0.2) is 14.6 Å². The highest BCUT2D eigenvalue weighted by molar-refractivity contribution is 5.90. The molecular formula is C30H35N3O6. The SMILES string of the molecule is COC(=O)c1ccc(-c2ccc3c(c2)CCC(CN(CC(O)c2ccc(N)nc2)C(=O)OC(C)(C)C)O3)cc1. The summed E-state index contributed by atoms with van der Waals surface area (Å²) in [5, 5.41) is 10.8. The van der Waals surface area contributed by atoms with Gasteiger partial charge in [-0.05, 0) is 80.6 Å². The summed E-state index contributed by atoms with van der Waals surface area (Å²) in [7, 11) is 1.36. The number of ether oxygens (including phenoxy) is 3. The van der Waals surface area contributed by atoms with Gasteiger partial charge in [-0.1, -0.05) is 24.3 Å². The summed E-state index contributed by atoms with van der Waals surface area (Å²) in [5.74, 6) is 0.740. The van der Waals surface area contributed by atoms with Crippen LogP contribution in [0.1, 0.15) is 54.8 Å². The summed E-state index contributed by atoms with van der Waals surface area (Å²) in [5.41, 5.74) is 9.09. The number of carbonyl (C=O) groups excluding carboxylic acids is 2. The minimum atomic E-state index is -0.963. The normalized spacial score (nSPS) is 15.5. The van der Waals surface area contributed by atoms with Crippen LogP contribution in [0.25, 0.3) is 11.1 Å². The number of aromatic nitrogens is 1. The zero-order valence-corrected chi connectivity index (χ0v) is 22.7. The molecule has 0 aliphatic carbocycles. The molecule has 2 heterocycles. The van der Waals surface area contributed by atoms with E-state index in [1.165, 1.54) is 18.2 Å². The number of aliphatic hydroxyl groups is 1. The smallest absolute Gasteiger partial charge is 0.410 e. The van der Waals surface area contributed by atoms with Crippen molar-refractivity contribution >= 4 is 17.9 Å². The second-order valence-electron chi connectivity index (χ2n) is 10.6. The quantitative estimate of drug-likeness (QED) is 0.416. The molecule has 9 heteroatoms. The number of carbonyl (C=O) groups is 2. The van der Waals surface area contributed by atoms with Crippen molar-refractivity contribution in [2.24, 2.45) is 0 Å². The summed E-state index contributed by atoms with van der Waals surface area (Å²) in [6, 6.07) is 16.5. The molecule has 0 saturated carbocycles. The molecule has 9 nitrogen and oxygen atoms in total. The van der Waals surface area contributed by atoms with Crippen LogP contribution in [0, 0.1) is 0 Å². The molecule has 39 heavy (non-hydrogen) atoms. The van der Waals surface area contributed by atoms with Crippen LogP contribution in [0.4, 0.5) is 10.6 Å². The molecule has 2 unspecified atom stereocenters. The molecule has 4 rings (SSSR count). The number of benzene rings is 2. The van der Waals surface area contributed by atoms with E-state index in [-0.39, 0.29) is 25.2 Å². The van der Waals surface area contributed by atoms with Gasteiger partial charge >= 0.3 is 12.1 Å². The van der Waals surface area contributed by atoms with Gasteiger partial charge in [0.05, 0.1) is 31.9 Å². The monoisotopic (exact) mass is 533 g/mol. The summed E-state index contributed by atoms with van der Waals surface area (Å²) in [4.78, 5) is 30.3. The largest absolute Gasteiger partial charge is 0.488 e. The Morgan fingerprint density at radius 3 is 2.49 bits per heavy atom. The number of fused-ring (bicyclic) bond motifs is 1. The van der Waals surface area contributed by atoms with E-state index in [0.29, 0.717) is 23.4 Å². The van der Waals surface area contributed by atoms with Crippen molar-refractivity contribution in [1.82, 2.24) is 9.88 Å². The van der Waals surface area contributed by atoms with Gasteiger partial charge in [0, 0.05) is 11.8 Å². The number of nitrogens with two attached hydrogens (primary N) is 1. The van der Waals surface area contributed by atoms with E-state index in [2.05, 4.69) is 11.1 Å². The van der Waals surface area contributed by atoms with Gasteiger partial charge in [-0.3, -0.25) is 0 Å². The number of esters is 1. The van der Waals surface area contributed by atoms with E-state index in [1.807, 2.05) is 24.3 Å². The fourth-order valence-electron chi connectivity index (χ4n) is 4.39. The Labute approximate surface area is 228 Å². The molecule has 206 valence electrons. The van der Waals surface area contributed by atoms with Gasteiger partial charge in [-0.15, -0.1) is 0 Å². The molecule has 2 atom stereocenters. The fourth-order valence-corrected chi connectivity index (χ4v) is 4.39. The van der Waals surface area contributed by atoms with Crippen LogP contribution < -0.4 is 10.5 Å². The molecule has 1 aromatic heterocycles. The maximum atomic E-state index is 13.1. The Hall–Kier alpha value is -4.11. The number of aryl methyl sites for hydroxylation is 1. The average Bonchev–Trinajstić information content (AvgIpc) is 2.91. The molecule has 3 N–H and O–H groups in total. The summed E-state index contributed by atoms with van der Waals surface area (Å²) in [6.07, 6.45) is 1.20. The minimum absolute atomic E-state index is 0.0216. The number of rotatable bonds is 7. The third-order valence-corrected chi connectivity index (χ3v) is 6.39. The van der Waals surface area contributed by atoms with Crippen molar-refractivity contribution in [2.45, 2.75) is 51.4 Å². The Kier molecular flexibility index (Phi) is 8.40. The van der Waals surface area contributed by atoms with E-state index >= 15 is 0 Å². The van der Waals surface area contributed by atoms with E-state index in [4.69, 9.17) is 19.9 Å². The fraction of sp³-hybridized carbons (Fsp3) is 0.367. The highest BCUT2D eigenvalue weighted by Crippen LogP contribution is 2.33. The van der Waals surface area contributed by atoms with Gasteiger partial charge in [0.25, 0.3) is 0 Å². The minimum Gasteiger partial charge on any atom is -0.488 e. The molecule has 0 bridgehead atoms. The number of methoxy groups -OCH3 is 1. The van der Waals surface area contributed by atoms with Crippen LogP contribution in [0.5, 0.6) is 5.75 Å². The van der Waals surface area contributed by atoms with Crippen molar-refractivity contribution in [3.05, 3.63) is 77.5 Å². The lowest BCUT2D eigenvalue weighted by atomic mass is 9.96. The number of anilines is 1. The first-order valence-electron chi connectivity index (χ1n) is 12.9.